The van der Waals surface area contributed by atoms with Crippen molar-refractivity contribution >= 4 is 17.5 Å². The molecule has 0 radical (unpaired) electrons. The topological polar surface area (TPSA) is 67.9 Å². The molecule has 0 aliphatic rings. The molecule has 6 heteroatoms. The summed E-state index contributed by atoms with van der Waals surface area (Å²) in [5.74, 6) is 1.50. The highest BCUT2D eigenvalue weighted by atomic mass is 32.2. The predicted octanol–water partition coefficient (Wildman–Crippen LogP) is 4.23. The minimum absolute atomic E-state index is 0.0408. The number of carbonyl (C=O) groups excluding carboxylic acids is 1. The molecule has 0 spiro atoms. The van der Waals surface area contributed by atoms with Crippen LogP contribution in [0, 0.1) is 0 Å². The van der Waals surface area contributed by atoms with Gasteiger partial charge < -0.3 is 4.74 Å². The van der Waals surface area contributed by atoms with E-state index in [9.17, 15) is 4.79 Å². The SMILES string of the molecule is CCOc1ccc(C(=O)[C@@H](C)Sc2n[nH]c(-c3ccccc3)n2)cc1. The van der Waals surface area contributed by atoms with Gasteiger partial charge in [-0.3, -0.25) is 9.89 Å². The smallest absolute Gasteiger partial charge is 0.209 e. The molecule has 0 aliphatic heterocycles. The van der Waals surface area contributed by atoms with Gasteiger partial charge in [0, 0.05) is 11.1 Å². The highest BCUT2D eigenvalue weighted by Crippen LogP contribution is 2.25. The van der Waals surface area contributed by atoms with E-state index in [1.54, 1.807) is 12.1 Å². The molecule has 5 nitrogen and oxygen atoms in total. The van der Waals surface area contributed by atoms with E-state index in [4.69, 9.17) is 4.74 Å². The van der Waals surface area contributed by atoms with Crippen LogP contribution in [0.2, 0.25) is 0 Å². The number of hydrogen-bond acceptors (Lipinski definition) is 5. The first-order chi connectivity index (χ1) is 12.2. The summed E-state index contributed by atoms with van der Waals surface area (Å²) in [4.78, 5) is 17.0. The number of ketones is 1. The minimum Gasteiger partial charge on any atom is -0.494 e. The molecule has 1 N–H and O–H groups in total. The molecule has 25 heavy (non-hydrogen) atoms. The summed E-state index contributed by atoms with van der Waals surface area (Å²) in [6.45, 7) is 4.40. The first-order valence-corrected chi connectivity index (χ1v) is 8.97. The van der Waals surface area contributed by atoms with Crippen molar-refractivity contribution in [2.45, 2.75) is 24.3 Å². The Morgan fingerprint density at radius 1 is 1.16 bits per heavy atom. The van der Waals surface area contributed by atoms with Crippen molar-refractivity contribution in [2.24, 2.45) is 0 Å². The Kier molecular flexibility index (Phi) is 5.50. The first kappa shape index (κ1) is 17.2. The van der Waals surface area contributed by atoms with Crippen LogP contribution in [0.15, 0.2) is 59.8 Å². The number of thioether (sulfide) groups is 1. The number of Topliss-reactive ketones (excluding diaryl/α,β-unsaturated/α-hetero) is 1. The largest absolute Gasteiger partial charge is 0.494 e. The van der Waals surface area contributed by atoms with E-state index in [2.05, 4.69) is 15.2 Å². The number of rotatable bonds is 7. The number of nitrogens with one attached hydrogen (secondary N) is 1. The molecule has 0 aliphatic carbocycles. The van der Waals surface area contributed by atoms with E-state index in [1.807, 2.05) is 56.3 Å². The van der Waals surface area contributed by atoms with Gasteiger partial charge in [-0.15, -0.1) is 5.10 Å². The minimum atomic E-state index is -0.280. The van der Waals surface area contributed by atoms with Crippen molar-refractivity contribution in [3.8, 4) is 17.1 Å². The van der Waals surface area contributed by atoms with E-state index in [-0.39, 0.29) is 11.0 Å². The normalized spacial score (nSPS) is 11.9. The standard InChI is InChI=1S/C19H19N3O2S/c1-3-24-16-11-9-14(10-12-16)17(23)13(2)25-19-20-18(21-22-19)15-7-5-4-6-8-15/h4-13H,3H2,1-2H3,(H,20,21,22)/t13-/m1/s1. The second-order valence-corrected chi connectivity index (χ2v) is 6.72. The monoisotopic (exact) mass is 353 g/mol. The van der Waals surface area contributed by atoms with Gasteiger partial charge in [0.05, 0.1) is 11.9 Å². The number of ether oxygens (including phenoxy) is 1. The van der Waals surface area contributed by atoms with Crippen LogP contribution in [0.25, 0.3) is 11.4 Å². The maximum Gasteiger partial charge on any atom is 0.209 e. The zero-order valence-electron chi connectivity index (χ0n) is 14.1. The van der Waals surface area contributed by atoms with E-state index in [0.29, 0.717) is 23.2 Å². The van der Waals surface area contributed by atoms with Crippen LogP contribution in [0.4, 0.5) is 0 Å². The molecule has 0 saturated carbocycles. The number of H-pyrrole nitrogens is 1. The van der Waals surface area contributed by atoms with Crippen molar-refractivity contribution in [1.82, 2.24) is 15.2 Å². The number of hydrogen-bond donors (Lipinski definition) is 1. The van der Waals surface area contributed by atoms with Crippen molar-refractivity contribution in [2.75, 3.05) is 6.61 Å². The summed E-state index contributed by atoms with van der Waals surface area (Å²) in [5.41, 5.74) is 1.62. The third kappa shape index (κ3) is 4.28. The Morgan fingerprint density at radius 3 is 2.56 bits per heavy atom. The van der Waals surface area contributed by atoms with Crippen LogP contribution in [-0.2, 0) is 0 Å². The lowest BCUT2D eigenvalue weighted by Gasteiger charge is -2.09. The molecule has 0 fully saturated rings. The Bertz CT molecular complexity index is 831. The van der Waals surface area contributed by atoms with Crippen molar-refractivity contribution in [1.29, 1.82) is 0 Å². The Balaban J connectivity index is 1.66. The predicted molar refractivity (Wildman–Crippen MR) is 99.1 cm³/mol. The lowest BCUT2D eigenvalue weighted by atomic mass is 10.1. The fraction of sp³-hybridized carbons (Fsp3) is 0.211. The van der Waals surface area contributed by atoms with Crippen molar-refractivity contribution < 1.29 is 9.53 Å². The molecule has 2 aromatic carbocycles. The molecule has 0 bridgehead atoms. The molecule has 0 unspecified atom stereocenters. The number of aromatic nitrogens is 3. The maximum atomic E-state index is 12.6. The summed E-state index contributed by atoms with van der Waals surface area (Å²) in [5, 5.41) is 7.40. The molecule has 0 saturated heterocycles. The molecule has 1 heterocycles. The fourth-order valence-corrected chi connectivity index (χ4v) is 3.15. The van der Waals surface area contributed by atoms with Gasteiger partial charge in [0.15, 0.2) is 11.6 Å². The van der Waals surface area contributed by atoms with Gasteiger partial charge in [0.2, 0.25) is 5.16 Å². The van der Waals surface area contributed by atoms with Gasteiger partial charge in [-0.05, 0) is 38.1 Å². The van der Waals surface area contributed by atoms with Crippen molar-refractivity contribution in [3.05, 3.63) is 60.2 Å². The van der Waals surface area contributed by atoms with Crippen LogP contribution in [0.5, 0.6) is 5.75 Å². The number of carbonyl (C=O) groups is 1. The Hall–Kier alpha value is -2.60. The summed E-state index contributed by atoms with van der Waals surface area (Å²) >= 11 is 1.34. The van der Waals surface area contributed by atoms with Gasteiger partial charge in [-0.1, -0.05) is 42.1 Å². The summed E-state index contributed by atoms with van der Waals surface area (Å²) in [6.07, 6.45) is 0. The second-order valence-electron chi connectivity index (χ2n) is 5.41. The maximum absolute atomic E-state index is 12.6. The highest BCUT2D eigenvalue weighted by Gasteiger charge is 2.19. The van der Waals surface area contributed by atoms with Crippen LogP contribution < -0.4 is 4.74 Å². The molecular formula is C19H19N3O2S. The summed E-state index contributed by atoms with van der Waals surface area (Å²) in [6, 6.07) is 17.0. The molecule has 3 rings (SSSR count). The van der Waals surface area contributed by atoms with E-state index >= 15 is 0 Å². The van der Waals surface area contributed by atoms with Gasteiger partial charge in [0.1, 0.15) is 5.75 Å². The van der Waals surface area contributed by atoms with Gasteiger partial charge in [0.25, 0.3) is 0 Å². The molecule has 1 aromatic heterocycles. The van der Waals surface area contributed by atoms with Gasteiger partial charge in [-0.25, -0.2) is 4.98 Å². The average molecular weight is 353 g/mol. The molecule has 3 aromatic rings. The molecule has 1 atom stereocenters. The fourth-order valence-electron chi connectivity index (χ4n) is 2.35. The van der Waals surface area contributed by atoms with Crippen LogP contribution in [0.1, 0.15) is 24.2 Å². The zero-order chi connectivity index (χ0) is 17.6. The Labute approximate surface area is 150 Å². The van der Waals surface area contributed by atoms with Crippen LogP contribution in [-0.4, -0.2) is 32.8 Å². The van der Waals surface area contributed by atoms with Crippen molar-refractivity contribution in [3.63, 3.8) is 0 Å². The van der Waals surface area contributed by atoms with E-state index in [1.165, 1.54) is 11.8 Å². The third-order valence-corrected chi connectivity index (χ3v) is 4.57. The number of benzene rings is 2. The second kappa shape index (κ2) is 7.98. The molecular weight excluding hydrogens is 334 g/mol. The third-order valence-electron chi connectivity index (χ3n) is 3.61. The molecule has 128 valence electrons. The Morgan fingerprint density at radius 2 is 1.88 bits per heavy atom. The highest BCUT2D eigenvalue weighted by molar-refractivity contribution is 8.00. The molecule has 0 amide bonds. The van der Waals surface area contributed by atoms with Crippen LogP contribution in [0.3, 0.4) is 0 Å². The lowest BCUT2D eigenvalue weighted by molar-refractivity contribution is 0.0994. The summed E-state index contributed by atoms with van der Waals surface area (Å²) < 4.78 is 5.40. The average Bonchev–Trinajstić information content (AvgIpc) is 3.11. The number of aromatic amines is 1. The zero-order valence-corrected chi connectivity index (χ0v) is 14.9. The van der Waals surface area contributed by atoms with E-state index < -0.39 is 0 Å². The summed E-state index contributed by atoms with van der Waals surface area (Å²) in [7, 11) is 0. The van der Waals surface area contributed by atoms with Gasteiger partial charge >= 0.3 is 0 Å². The number of nitrogens with zero attached hydrogens (tertiary/aromatic N) is 2. The first-order valence-electron chi connectivity index (χ1n) is 8.09. The van der Waals surface area contributed by atoms with Gasteiger partial charge in [-0.2, -0.15) is 0 Å². The quantitative estimate of drug-likeness (QED) is 0.508. The lowest BCUT2D eigenvalue weighted by Crippen LogP contribution is -2.13. The van der Waals surface area contributed by atoms with E-state index in [0.717, 1.165) is 11.3 Å². The van der Waals surface area contributed by atoms with Crippen LogP contribution >= 0.6 is 11.8 Å².